The van der Waals surface area contributed by atoms with E-state index in [-0.39, 0.29) is 43.9 Å². The number of carboxylic acids is 1. The third-order valence-corrected chi connectivity index (χ3v) is 4.60. The zero-order valence-electron chi connectivity index (χ0n) is 11.0. The van der Waals surface area contributed by atoms with Crippen LogP contribution in [0.4, 0.5) is 4.79 Å². The normalized spacial score (nSPS) is 18.1. The minimum Gasteiger partial charge on any atom is -0.481 e. The molecular weight excluding hydrogens is 288 g/mol. The van der Waals surface area contributed by atoms with Crippen LogP contribution in [0.25, 0.3) is 0 Å². The molecule has 0 unspecified atom stereocenters. The molecule has 0 saturated carbocycles. The monoisotopic (exact) mass is 306 g/mol. The molecule has 2 N–H and O–H groups in total. The van der Waals surface area contributed by atoms with Gasteiger partial charge in [0.25, 0.3) is 0 Å². The van der Waals surface area contributed by atoms with Gasteiger partial charge >= 0.3 is 12.0 Å². The number of imide groups is 1. The van der Waals surface area contributed by atoms with E-state index >= 15 is 0 Å². The molecule has 0 aromatic heterocycles. The molecule has 3 amide bonds. The van der Waals surface area contributed by atoms with E-state index in [0.717, 1.165) is 0 Å². The minimum atomic E-state index is -3.11. The first-order chi connectivity index (χ1) is 9.30. The van der Waals surface area contributed by atoms with Gasteiger partial charge in [0.2, 0.25) is 5.91 Å². The van der Waals surface area contributed by atoms with Crippen LogP contribution >= 0.6 is 0 Å². The SMILES string of the molecule is O=C(O)CCCC(=O)NC(=O)N1CCCS(=O)(=O)CC1. The van der Waals surface area contributed by atoms with Crippen LogP contribution in [0.15, 0.2) is 0 Å². The summed E-state index contributed by atoms with van der Waals surface area (Å²) < 4.78 is 22.8. The second-order valence-electron chi connectivity index (χ2n) is 4.59. The quantitative estimate of drug-likeness (QED) is 0.729. The van der Waals surface area contributed by atoms with E-state index < -0.39 is 27.7 Å². The maximum atomic E-state index is 11.8. The van der Waals surface area contributed by atoms with Crippen molar-refractivity contribution in [1.82, 2.24) is 10.2 Å². The van der Waals surface area contributed by atoms with Crippen molar-refractivity contribution < 1.29 is 27.9 Å². The van der Waals surface area contributed by atoms with E-state index in [1.807, 2.05) is 0 Å². The fourth-order valence-corrected chi connectivity index (χ4v) is 3.07. The Morgan fingerprint density at radius 2 is 1.80 bits per heavy atom. The molecule has 8 nitrogen and oxygen atoms in total. The first-order valence-electron chi connectivity index (χ1n) is 6.31. The lowest BCUT2D eigenvalue weighted by Gasteiger charge is -2.19. The van der Waals surface area contributed by atoms with Crippen LogP contribution < -0.4 is 5.32 Å². The Balaban J connectivity index is 2.38. The number of amides is 3. The van der Waals surface area contributed by atoms with Crippen molar-refractivity contribution in [3.05, 3.63) is 0 Å². The standard InChI is InChI=1S/C11H18N2O6S/c14-9(3-1-4-10(15)16)12-11(17)13-5-2-7-20(18,19)8-6-13/h1-8H2,(H,15,16)(H,12,14,17). The second kappa shape index (κ2) is 7.22. The lowest BCUT2D eigenvalue weighted by molar-refractivity contribution is -0.137. The Hall–Kier alpha value is -1.64. The molecule has 1 saturated heterocycles. The van der Waals surface area contributed by atoms with Gasteiger partial charge in [0, 0.05) is 25.9 Å². The molecule has 1 rings (SSSR count). The van der Waals surface area contributed by atoms with Crippen LogP contribution in [0.3, 0.4) is 0 Å². The molecule has 1 heterocycles. The molecule has 0 atom stereocenters. The molecular formula is C11H18N2O6S. The van der Waals surface area contributed by atoms with Crippen LogP contribution in [0.5, 0.6) is 0 Å². The van der Waals surface area contributed by atoms with Gasteiger partial charge < -0.3 is 10.0 Å². The Morgan fingerprint density at radius 1 is 1.10 bits per heavy atom. The number of rotatable bonds is 4. The summed E-state index contributed by atoms with van der Waals surface area (Å²) in [4.78, 5) is 34.8. The molecule has 0 aromatic rings. The van der Waals surface area contributed by atoms with Crippen LogP contribution in [0.1, 0.15) is 25.7 Å². The molecule has 0 aromatic carbocycles. The zero-order valence-corrected chi connectivity index (χ0v) is 11.8. The highest BCUT2D eigenvalue weighted by Gasteiger charge is 2.23. The van der Waals surface area contributed by atoms with E-state index in [1.54, 1.807) is 0 Å². The number of nitrogens with one attached hydrogen (secondary N) is 1. The minimum absolute atomic E-state index is 0.0450. The van der Waals surface area contributed by atoms with Crippen molar-refractivity contribution in [2.75, 3.05) is 24.6 Å². The van der Waals surface area contributed by atoms with Gasteiger partial charge in [-0.2, -0.15) is 0 Å². The van der Waals surface area contributed by atoms with E-state index in [2.05, 4.69) is 5.32 Å². The number of hydrogen-bond acceptors (Lipinski definition) is 5. The average molecular weight is 306 g/mol. The molecule has 0 bridgehead atoms. The van der Waals surface area contributed by atoms with Crippen LogP contribution in [-0.2, 0) is 19.4 Å². The molecule has 0 aliphatic carbocycles. The maximum absolute atomic E-state index is 11.8. The number of carbonyl (C=O) groups is 3. The summed E-state index contributed by atoms with van der Waals surface area (Å²) in [5.41, 5.74) is 0. The van der Waals surface area contributed by atoms with Crippen LogP contribution in [0, 0.1) is 0 Å². The topological polar surface area (TPSA) is 121 Å². The Labute approximate surface area is 117 Å². The number of sulfone groups is 1. The average Bonchev–Trinajstić information content (AvgIpc) is 2.49. The van der Waals surface area contributed by atoms with Crippen molar-refractivity contribution in [2.45, 2.75) is 25.7 Å². The first kappa shape index (κ1) is 16.4. The second-order valence-corrected chi connectivity index (χ2v) is 6.90. The number of nitrogens with zero attached hydrogens (tertiary/aromatic N) is 1. The van der Waals surface area contributed by atoms with Crippen molar-refractivity contribution in [3.8, 4) is 0 Å². The highest BCUT2D eigenvalue weighted by Crippen LogP contribution is 2.05. The summed E-state index contributed by atoms with van der Waals surface area (Å²) in [6.45, 7) is 0.351. The van der Waals surface area contributed by atoms with Crippen molar-refractivity contribution >= 4 is 27.7 Å². The van der Waals surface area contributed by atoms with Gasteiger partial charge in [-0.25, -0.2) is 13.2 Å². The van der Waals surface area contributed by atoms with Crippen LogP contribution in [0.2, 0.25) is 0 Å². The third-order valence-electron chi connectivity index (χ3n) is 2.88. The number of urea groups is 1. The summed E-state index contributed by atoms with van der Waals surface area (Å²) in [6.07, 6.45) is 0.319. The fourth-order valence-electron chi connectivity index (χ4n) is 1.80. The molecule has 114 valence electrons. The summed E-state index contributed by atoms with van der Waals surface area (Å²) >= 11 is 0. The lowest BCUT2D eigenvalue weighted by atomic mass is 10.2. The van der Waals surface area contributed by atoms with Crippen molar-refractivity contribution in [2.24, 2.45) is 0 Å². The predicted octanol–water partition coefficient (Wildman–Crippen LogP) is -0.402. The summed E-state index contributed by atoms with van der Waals surface area (Å²) in [7, 11) is -3.11. The molecule has 1 fully saturated rings. The number of aliphatic carboxylic acids is 1. The van der Waals surface area contributed by atoms with Gasteiger partial charge in [0.1, 0.15) is 0 Å². The zero-order chi connectivity index (χ0) is 15.2. The van der Waals surface area contributed by atoms with Gasteiger partial charge in [-0.05, 0) is 12.8 Å². The van der Waals surface area contributed by atoms with Gasteiger partial charge in [0.15, 0.2) is 9.84 Å². The lowest BCUT2D eigenvalue weighted by Crippen LogP contribution is -2.44. The first-order valence-corrected chi connectivity index (χ1v) is 8.13. The van der Waals surface area contributed by atoms with Gasteiger partial charge in [-0.1, -0.05) is 0 Å². The smallest absolute Gasteiger partial charge is 0.324 e. The van der Waals surface area contributed by atoms with Gasteiger partial charge in [0.05, 0.1) is 11.5 Å². The molecule has 0 radical (unpaired) electrons. The van der Waals surface area contributed by atoms with Gasteiger partial charge in [-0.3, -0.25) is 14.9 Å². The predicted molar refractivity (Wildman–Crippen MR) is 69.9 cm³/mol. The molecule has 1 aliphatic heterocycles. The maximum Gasteiger partial charge on any atom is 0.324 e. The van der Waals surface area contributed by atoms with Crippen molar-refractivity contribution in [1.29, 1.82) is 0 Å². The number of carboxylic acid groups (broad SMARTS) is 1. The Morgan fingerprint density at radius 3 is 2.45 bits per heavy atom. The Kier molecular flexibility index (Phi) is 5.93. The molecule has 9 heteroatoms. The number of hydrogen-bond donors (Lipinski definition) is 2. The van der Waals surface area contributed by atoms with E-state index in [0.29, 0.717) is 6.42 Å². The summed E-state index contributed by atoms with van der Waals surface area (Å²) in [5, 5.41) is 10.6. The van der Waals surface area contributed by atoms with Crippen LogP contribution in [-0.4, -0.2) is 60.9 Å². The van der Waals surface area contributed by atoms with E-state index in [1.165, 1.54) is 4.90 Å². The van der Waals surface area contributed by atoms with E-state index in [9.17, 15) is 22.8 Å². The molecule has 20 heavy (non-hydrogen) atoms. The molecule has 0 spiro atoms. The fraction of sp³-hybridized carbons (Fsp3) is 0.727. The third kappa shape index (κ3) is 6.00. The van der Waals surface area contributed by atoms with E-state index in [4.69, 9.17) is 5.11 Å². The Bertz CT molecular complexity index is 487. The highest BCUT2D eigenvalue weighted by molar-refractivity contribution is 7.91. The summed E-state index contributed by atoms with van der Waals surface area (Å²) in [5.74, 6) is -1.61. The highest BCUT2D eigenvalue weighted by atomic mass is 32.2. The molecule has 1 aliphatic rings. The largest absolute Gasteiger partial charge is 0.481 e. The number of carbonyl (C=O) groups excluding carboxylic acids is 2. The van der Waals surface area contributed by atoms with Gasteiger partial charge in [-0.15, -0.1) is 0 Å². The van der Waals surface area contributed by atoms with Crippen molar-refractivity contribution in [3.63, 3.8) is 0 Å². The summed E-state index contributed by atoms with van der Waals surface area (Å²) in [6, 6.07) is -0.623.